The number of fused-ring (bicyclic) bond motifs is 1. The highest BCUT2D eigenvalue weighted by Gasteiger charge is 2.33. The van der Waals surface area contributed by atoms with Crippen molar-refractivity contribution in [1.29, 1.82) is 0 Å². The predicted octanol–water partition coefficient (Wildman–Crippen LogP) is 4.83. The Morgan fingerprint density at radius 3 is 2.81 bits per heavy atom. The SMILES string of the molecule is CC(c1cccc(Br)c1)n1ccc2c1CC(C)(C)CC2N. The molecule has 0 spiro atoms. The van der Waals surface area contributed by atoms with Crippen LogP contribution in [0.1, 0.15) is 56.1 Å². The Morgan fingerprint density at radius 1 is 1.33 bits per heavy atom. The first-order chi connectivity index (χ1) is 9.87. The van der Waals surface area contributed by atoms with Gasteiger partial charge in [0.2, 0.25) is 0 Å². The summed E-state index contributed by atoms with van der Waals surface area (Å²) in [6.07, 6.45) is 4.37. The summed E-state index contributed by atoms with van der Waals surface area (Å²) in [5.74, 6) is 0. The van der Waals surface area contributed by atoms with Gasteiger partial charge in [-0.25, -0.2) is 0 Å². The molecule has 3 rings (SSSR count). The van der Waals surface area contributed by atoms with E-state index in [0.717, 1.165) is 17.3 Å². The second-order valence-corrected chi connectivity index (χ2v) is 7.92. The van der Waals surface area contributed by atoms with Crippen molar-refractivity contribution in [3.8, 4) is 0 Å². The first-order valence-electron chi connectivity index (χ1n) is 7.58. The van der Waals surface area contributed by atoms with Crippen LogP contribution < -0.4 is 5.73 Å². The molecule has 3 heteroatoms. The molecule has 2 N–H and O–H groups in total. The van der Waals surface area contributed by atoms with Crippen molar-refractivity contribution < 1.29 is 0 Å². The molecule has 0 bridgehead atoms. The van der Waals surface area contributed by atoms with Crippen LogP contribution in [0.2, 0.25) is 0 Å². The van der Waals surface area contributed by atoms with E-state index in [9.17, 15) is 0 Å². The van der Waals surface area contributed by atoms with E-state index in [-0.39, 0.29) is 11.5 Å². The summed E-state index contributed by atoms with van der Waals surface area (Å²) in [7, 11) is 0. The second kappa shape index (κ2) is 5.29. The summed E-state index contributed by atoms with van der Waals surface area (Å²) in [5.41, 5.74) is 10.7. The summed E-state index contributed by atoms with van der Waals surface area (Å²) >= 11 is 3.57. The Bertz CT molecular complexity index is 657. The van der Waals surface area contributed by atoms with Crippen molar-refractivity contribution in [2.75, 3.05) is 0 Å². The van der Waals surface area contributed by atoms with Crippen LogP contribution in [0.15, 0.2) is 41.0 Å². The molecular weight excluding hydrogens is 324 g/mol. The monoisotopic (exact) mass is 346 g/mol. The molecule has 1 aromatic heterocycles. The molecule has 0 fully saturated rings. The third kappa shape index (κ3) is 2.82. The average Bonchev–Trinajstić information content (AvgIpc) is 2.80. The standard InChI is InChI=1S/C18H23BrN2/c1-12(13-5-4-6-14(19)9-13)21-8-7-15-16(20)10-18(2,3)11-17(15)21/h4-9,12,16H,10-11,20H2,1-3H3. The maximum absolute atomic E-state index is 6.38. The molecule has 0 aliphatic heterocycles. The third-order valence-corrected chi connectivity index (χ3v) is 5.12. The van der Waals surface area contributed by atoms with Gasteiger partial charge in [-0.05, 0) is 54.5 Å². The first kappa shape index (κ1) is 14.9. The maximum atomic E-state index is 6.38. The van der Waals surface area contributed by atoms with Crippen LogP contribution in [-0.2, 0) is 6.42 Å². The molecule has 1 heterocycles. The van der Waals surface area contributed by atoms with Crippen LogP contribution in [0.25, 0.3) is 0 Å². The van der Waals surface area contributed by atoms with Crippen LogP contribution in [0, 0.1) is 5.41 Å². The minimum atomic E-state index is 0.166. The van der Waals surface area contributed by atoms with E-state index < -0.39 is 0 Å². The number of hydrogen-bond acceptors (Lipinski definition) is 1. The van der Waals surface area contributed by atoms with E-state index in [4.69, 9.17) is 5.73 Å². The maximum Gasteiger partial charge on any atom is 0.0554 e. The van der Waals surface area contributed by atoms with Gasteiger partial charge in [-0.1, -0.05) is 41.9 Å². The minimum absolute atomic E-state index is 0.166. The normalized spacial score (nSPS) is 21.9. The number of nitrogens with two attached hydrogens (primary N) is 1. The summed E-state index contributed by atoms with van der Waals surface area (Å²) < 4.78 is 3.53. The first-order valence-corrected chi connectivity index (χ1v) is 8.37. The van der Waals surface area contributed by atoms with Crippen LogP contribution >= 0.6 is 15.9 Å². The van der Waals surface area contributed by atoms with Crippen LogP contribution in [0.3, 0.4) is 0 Å². The van der Waals surface area contributed by atoms with E-state index in [1.165, 1.54) is 16.8 Å². The Balaban J connectivity index is 2.01. The smallest absolute Gasteiger partial charge is 0.0554 e. The van der Waals surface area contributed by atoms with Crippen molar-refractivity contribution in [3.05, 3.63) is 57.8 Å². The van der Waals surface area contributed by atoms with Crippen molar-refractivity contribution in [1.82, 2.24) is 4.57 Å². The van der Waals surface area contributed by atoms with E-state index in [1.54, 1.807) is 0 Å². The topological polar surface area (TPSA) is 30.9 Å². The summed E-state index contributed by atoms with van der Waals surface area (Å²) in [5, 5.41) is 0. The minimum Gasteiger partial charge on any atom is -0.344 e. The lowest BCUT2D eigenvalue weighted by atomic mass is 9.74. The highest BCUT2D eigenvalue weighted by atomic mass is 79.9. The van der Waals surface area contributed by atoms with Gasteiger partial charge in [0, 0.05) is 22.4 Å². The van der Waals surface area contributed by atoms with E-state index in [2.05, 4.69) is 77.8 Å². The molecule has 0 amide bonds. The van der Waals surface area contributed by atoms with Gasteiger partial charge in [-0.15, -0.1) is 0 Å². The van der Waals surface area contributed by atoms with Gasteiger partial charge in [0.1, 0.15) is 0 Å². The Morgan fingerprint density at radius 2 is 2.10 bits per heavy atom. The van der Waals surface area contributed by atoms with Gasteiger partial charge in [-0.2, -0.15) is 0 Å². The Hall–Kier alpha value is -1.06. The van der Waals surface area contributed by atoms with Gasteiger partial charge >= 0.3 is 0 Å². The predicted molar refractivity (Wildman–Crippen MR) is 91.4 cm³/mol. The largest absolute Gasteiger partial charge is 0.344 e. The van der Waals surface area contributed by atoms with Crippen LogP contribution in [0.4, 0.5) is 0 Å². The molecule has 1 aliphatic carbocycles. The lowest BCUT2D eigenvalue weighted by Crippen LogP contribution is -2.31. The van der Waals surface area contributed by atoms with Gasteiger partial charge < -0.3 is 10.3 Å². The molecule has 1 aromatic carbocycles. The van der Waals surface area contributed by atoms with Crippen molar-refractivity contribution in [2.24, 2.45) is 11.1 Å². The zero-order chi connectivity index (χ0) is 15.2. The average molecular weight is 347 g/mol. The number of halogens is 1. The molecule has 21 heavy (non-hydrogen) atoms. The number of aromatic nitrogens is 1. The number of nitrogens with zero attached hydrogens (tertiary/aromatic N) is 1. The van der Waals surface area contributed by atoms with Crippen LogP contribution in [-0.4, -0.2) is 4.57 Å². The van der Waals surface area contributed by atoms with Gasteiger partial charge in [0.05, 0.1) is 6.04 Å². The summed E-state index contributed by atoms with van der Waals surface area (Å²) in [6.45, 7) is 6.89. The lowest BCUT2D eigenvalue weighted by molar-refractivity contribution is 0.274. The highest BCUT2D eigenvalue weighted by molar-refractivity contribution is 9.10. The Labute approximate surface area is 135 Å². The fraction of sp³-hybridized carbons (Fsp3) is 0.444. The molecule has 0 radical (unpaired) electrons. The Kier molecular flexibility index (Phi) is 3.74. The summed E-state index contributed by atoms with van der Waals surface area (Å²) in [4.78, 5) is 0. The zero-order valence-electron chi connectivity index (χ0n) is 12.9. The molecule has 0 saturated heterocycles. The molecule has 2 aromatic rings. The highest BCUT2D eigenvalue weighted by Crippen LogP contribution is 2.41. The molecule has 112 valence electrons. The molecule has 1 aliphatic rings. The van der Waals surface area contributed by atoms with Gasteiger partial charge in [0.15, 0.2) is 0 Å². The van der Waals surface area contributed by atoms with Crippen molar-refractivity contribution in [3.63, 3.8) is 0 Å². The number of hydrogen-bond donors (Lipinski definition) is 1. The summed E-state index contributed by atoms with van der Waals surface area (Å²) in [6, 6.07) is 11.3. The lowest BCUT2D eigenvalue weighted by Gasteiger charge is -2.35. The molecule has 2 unspecified atom stereocenters. The quantitative estimate of drug-likeness (QED) is 0.829. The van der Waals surface area contributed by atoms with Gasteiger partial charge in [0.25, 0.3) is 0 Å². The van der Waals surface area contributed by atoms with Crippen LogP contribution in [0.5, 0.6) is 0 Å². The van der Waals surface area contributed by atoms with Gasteiger partial charge in [-0.3, -0.25) is 0 Å². The van der Waals surface area contributed by atoms with E-state index >= 15 is 0 Å². The fourth-order valence-electron chi connectivity index (χ4n) is 3.55. The van der Waals surface area contributed by atoms with E-state index in [0.29, 0.717) is 6.04 Å². The van der Waals surface area contributed by atoms with Crippen molar-refractivity contribution in [2.45, 2.75) is 45.7 Å². The second-order valence-electron chi connectivity index (χ2n) is 7.01. The van der Waals surface area contributed by atoms with E-state index in [1.807, 2.05) is 0 Å². The molecular formula is C18H23BrN2. The molecule has 2 atom stereocenters. The third-order valence-electron chi connectivity index (χ3n) is 4.63. The van der Waals surface area contributed by atoms with Crippen molar-refractivity contribution >= 4 is 15.9 Å². The number of rotatable bonds is 2. The fourth-order valence-corrected chi connectivity index (χ4v) is 3.96. The molecule has 2 nitrogen and oxygen atoms in total. The number of benzene rings is 1. The molecule has 0 saturated carbocycles. The zero-order valence-corrected chi connectivity index (χ0v) is 14.5.